The molecule has 1 heterocycles. The highest BCUT2D eigenvalue weighted by Gasteiger charge is 2.23. The zero-order chi connectivity index (χ0) is 17.4. The molecule has 1 N–H and O–H groups in total. The smallest absolute Gasteiger partial charge is 0.123 e. The molecule has 0 fully saturated rings. The molecule has 2 aromatic carbocycles. The Morgan fingerprint density at radius 2 is 1.92 bits per heavy atom. The molecule has 4 heteroatoms. The van der Waals surface area contributed by atoms with Crippen molar-refractivity contribution in [3.63, 3.8) is 0 Å². The number of benzene rings is 2. The van der Waals surface area contributed by atoms with Crippen LogP contribution in [0.3, 0.4) is 0 Å². The molecule has 4 rings (SSSR count). The van der Waals surface area contributed by atoms with Crippen molar-refractivity contribution in [2.75, 3.05) is 34.4 Å². The Kier molecular flexibility index (Phi) is 4.14. The van der Waals surface area contributed by atoms with Crippen molar-refractivity contribution < 1.29 is 9.47 Å². The van der Waals surface area contributed by atoms with Crippen LogP contribution in [0.5, 0.6) is 11.5 Å². The number of aryl methyl sites for hydroxylation is 1. The van der Waals surface area contributed by atoms with E-state index in [0.717, 1.165) is 36.4 Å². The van der Waals surface area contributed by atoms with Crippen LogP contribution in [-0.2, 0) is 12.8 Å². The number of H-pyrrole nitrogens is 1. The van der Waals surface area contributed by atoms with Gasteiger partial charge in [0.1, 0.15) is 18.1 Å². The number of hydrogen-bond donors (Lipinski definition) is 1. The van der Waals surface area contributed by atoms with Crippen LogP contribution in [-0.4, -0.2) is 44.2 Å². The number of likely N-dealkylation sites (N-methyl/N-ethyl adjacent to an activating group) is 1. The van der Waals surface area contributed by atoms with Crippen molar-refractivity contribution in [2.45, 2.75) is 12.8 Å². The number of nitrogens with one attached hydrogen (secondary N) is 1. The number of aromatic amines is 1. The van der Waals surface area contributed by atoms with Crippen molar-refractivity contribution in [3.8, 4) is 22.8 Å². The summed E-state index contributed by atoms with van der Waals surface area (Å²) < 4.78 is 11.5. The lowest BCUT2D eigenvalue weighted by molar-refractivity contribution is 0.259. The molecule has 0 atom stereocenters. The molecule has 130 valence electrons. The molecule has 1 aliphatic carbocycles. The first kappa shape index (κ1) is 16.0. The van der Waals surface area contributed by atoms with Gasteiger partial charge in [-0.05, 0) is 56.8 Å². The second kappa shape index (κ2) is 6.45. The number of rotatable bonds is 5. The highest BCUT2D eigenvalue weighted by atomic mass is 16.5. The molecule has 4 nitrogen and oxygen atoms in total. The van der Waals surface area contributed by atoms with E-state index in [1.54, 1.807) is 7.11 Å². The third-order valence-electron chi connectivity index (χ3n) is 4.94. The van der Waals surface area contributed by atoms with Crippen molar-refractivity contribution in [1.82, 2.24) is 9.88 Å². The van der Waals surface area contributed by atoms with Crippen LogP contribution in [0.25, 0.3) is 22.2 Å². The van der Waals surface area contributed by atoms with E-state index < -0.39 is 0 Å². The minimum Gasteiger partial charge on any atom is -0.497 e. The second-order valence-electron chi connectivity index (χ2n) is 6.82. The standard InChI is InChI=1S/C21H24N2O2/c1-23(2)11-12-25-20-6-4-5-16-15(20)8-9-17-18-13-14(24-3)7-10-19(18)22-21(16)17/h4-7,10,13,22H,8-9,11-12H2,1-3H3. The molecule has 1 aliphatic rings. The van der Waals surface area contributed by atoms with E-state index >= 15 is 0 Å². The summed E-state index contributed by atoms with van der Waals surface area (Å²) in [5, 5.41) is 1.26. The predicted octanol–water partition coefficient (Wildman–Crippen LogP) is 3.88. The number of ether oxygens (including phenoxy) is 2. The monoisotopic (exact) mass is 336 g/mol. The van der Waals surface area contributed by atoms with Gasteiger partial charge in [0.05, 0.1) is 12.8 Å². The molecule has 0 amide bonds. The Morgan fingerprint density at radius 1 is 1.08 bits per heavy atom. The predicted molar refractivity (Wildman–Crippen MR) is 102 cm³/mol. The Bertz CT molecular complexity index is 912. The zero-order valence-corrected chi connectivity index (χ0v) is 15.1. The largest absolute Gasteiger partial charge is 0.497 e. The topological polar surface area (TPSA) is 37.5 Å². The molecule has 0 saturated carbocycles. The highest BCUT2D eigenvalue weighted by molar-refractivity contribution is 5.93. The van der Waals surface area contributed by atoms with Crippen LogP contribution in [0.1, 0.15) is 11.1 Å². The van der Waals surface area contributed by atoms with Crippen LogP contribution in [0, 0.1) is 0 Å². The van der Waals surface area contributed by atoms with E-state index in [0.29, 0.717) is 6.61 Å². The van der Waals surface area contributed by atoms with Crippen LogP contribution >= 0.6 is 0 Å². The van der Waals surface area contributed by atoms with Crippen molar-refractivity contribution >= 4 is 10.9 Å². The number of aromatic nitrogens is 1. The lowest BCUT2D eigenvalue weighted by Crippen LogP contribution is -2.20. The maximum Gasteiger partial charge on any atom is 0.123 e. The van der Waals surface area contributed by atoms with E-state index in [1.807, 2.05) is 6.07 Å². The first-order valence-electron chi connectivity index (χ1n) is 8.75. The molecule has 0 unspecified atom stereocenters. The maximum absolute atomic E-state index is 6.07. The lowest BCUT2D eigenvalue weighted by atomic mass is 9.88. The first-order valence-corrected chi connectivity index (χ1v) is 8.75. The van der Waals surface area contributed by atoms with E-state index in [-0.39, 0.29) is 0 Å². The molecule has 0 radical (unpaired) electrons. The minimum absolute atomic E-state index is 0.709. The van der Waals surface area contributed by atoms with E-state index in [4.69, 9.17) is 9.47 Å². The minimum atomic E-state index is 0.709. The average molecular weight is 336 g/mol. The van der Waals surface area contributed by atoms with E-state index in [9.17, 15) is 0 Å². The van der Waals surface area contributed by atoms with Crippen LogP contribution in [0.4, 0.5) is 0 Å². The molecule has 0 spiro atoms. The lowest BCUT2D eigenvalue weighted by Gasteiger charge is -2.21. The second-order valence-corrected chi connectivity index (χ2v) is 6.82. The van der Waals surface area contributed by atoms with Crippen LogP contribution < -0.4 is 9.47 Å². The normalized spacial score (nSPS) is 13.0. The van der Waals surface area contributed by atoms with Gasteiger partial charge in [-0.3, -0.25) is 0 Å². The van der Waals surface area contributed by atoms with Gasteiger partial charge < -0.3 is 19.4 Å². The van der Waals surface area contributed by atoms with Gasteiger partial charge in [-0.2, -0.15) is 0 Å². The Labute approximate surface area is 148 Å². The van der Waals surface area contributed by atoms with Gasteiger partial charge in [-0.1, -0.05) is 12.1 Å². The summed E-state index contributed by atoms with van der Waals surface area (Å²) in [6.45, 7) is 1.63. The number of methoxy groups -OCH3 is 1. The van der Waals surface area contributed by atoms with E-state index in [1.165, 1.54) is 27.8 Å². The maximum atomic E-state index is 6.07. The van der Waals surface area contributed by atoms with Gasteiger partial charge in [0, 0.05) is 28.6 Å². The Morgan fingerprint density at radius 3 is 2.72 bits per heavy atom. The van der Waals surface area contributed by atoms with Gasteiger partial charge in [-0.25, -0.2) is 0 Å². The summed E-state index contributed by atoms with van der Waals surface area (Å²) in [6.07, 6.45) is 2.02. The molecule has 0 bridgehead atoms. The van der Waals surface area contributed by atoms with Gasteiger partial charge in [0.25, 0.3) is 0 Å². The summed E-state index contributed by atoms with van der Waals surface area (Å²) in [6, 6.07) is 12.6. The fourth-order valence-electron chi connectivity index (χ4n) is 3.62. The molecule has 0 aliphatic heterocycles. The molecular weight excluding hydrogens is 312 g/mol. The summed E-state index contributed by atoms with van der Waals surface area (Å²) in [5.74, 6) is 1.92. The molecule has 25 heavy (non-hydrogen) atoms. The van der Waals surface area contributed by atoms with Gasteiger partial charge in [0.2, 0.25) is 0 Å². The fourth-order valence-corrected chi connectivity index (χ4v) is 3.62. The zero-order valence-electron chi connectivity index (χ0n) is 15.1. The van der Waals surface area contributed by atoms with Gasteiger partial charge in [-0.15, -0.1) is 0 Å². The molecule has 1 aromatic heterocycles. The molecule has 0 saturated heterocycles. The number of hydrogen-bond acceptors (Lipinski definition) is 3. The quantitative estimate of drug-likeness (QED) is 0.768. The molecular formula is C21H24N2O2. The van der Waals surface area contributed by atoms with Gasteiger partial charge in [0.15, 0.2) is 0 Å². The van der Waals surface area contributed by atoms with E-state index in [2.05, 4.69) is 54.3 Å². The SMILES string of the molecule is COc1ccc2[nH]c3c(c2c1)CCc1c(OCCN(C)C)cccc1-3. The summed E-state index contributed by atoms with van der Waals surface area (Å²) in [5.41, 5.74) is 6.35. The first-order chi connectivity index (χ1) is 12.2. The summed E-state index contributed by atoms with van der Waals surface area (Å²) in [7, 11) is 5.84. The Hall–Kier alpha value is -2.46. The fraction of sp³-hybridized carbons (Fsp3) is 0.333. The van der Waals surface area contributed by atoms with Crippen molar-refractivity contribution in [2.24, 2.45) is 0 Å². The summed E-state index contributed by atoms with van der Waals surface area (Å²) in [4.78, 5) is 5.74. The van der Waals surface area contributed by atoms with Crippen molar-refractivity contribution in [1.29, 1.82) is 0 Å². The number of nitrogens with zero attached hydrogens (tertiary/aromatic N) is 1. The average Bonchev–Trinajstić information content (AvgIpc) is 2.99. The van der Waals surface area contributed by atoms with Crippen LogP contribution in [0.2, 0.25) is 0 Å². The number of fused-ring (bicyclic) bond motifs is 5. The van der Waals surface area contributed by atoms with Crippen molar-refractivity contribution in [3.05, 3.63) is 47.5 Å². The Balaban J connectivity index is 1.74. The van der Waals surface area contributed by atoms with Gasteiger partial charge >= 0.3 is 0 Å². The molecule has 3 aromatic rings. The summed E-state index contributed by atoms with van der Waals surface area (Å²) >= 11 is 0. The highest BCUT2D eigenvalue weighted by Crippen LogP contribution is 2.41. The third kappa shape index (κ3) is 2.87. The third-order valence-corrected chi connectivity index (χ3v) is 4.94. The van der Waals surface area contributed by atoms with Crippen LogP contribution in [0.15, 0.2) is 36.4 Å².